The van der Waals surface area contributed by atoms with Crippen LogP contribution in [0.5, 0.6) is 0 Å². The van der Waals surface area contributed by atoms with Gasteiger partial charge in [0, 0.05) is 31.6 Å². The molecular weight excluding hydrogens is 234 g/mol. The number of ketones is 1. The number of hydrogen-bond acceptors (Lipinski definition) is 4. The number of nitrogens with zero attached hydrogens (tertiary/aromatic N) is 1. The molecule has 0 unspecified atom stereocenters. The topological polar surface area (TPSA) is 80.4 Å². The lowest BCUT2D eigenvalue weighted by atomic mass is 9.87. The average molecular weight is 251 g/mol. The second kappa shape index (κ2) is 5.73. The average Bonchev–Trinajstić information content (AvgIpc) is 2.29. The van der Waals surface area contributed by atoms with Gasteiger partial charge in [-0.2, -0.15) is 0 Å². The van der Waals surface area contributed by atoms with Gasteiger partial charge in [0.15, 0.2) is 0 Å². The van der Waals surface area contributed by atoms with Crippen molar-refractivity contribution in [3.63, 3.8) is 0 Å². The van der Waals surface area contributed by atoms with Crippen LogP contribution in [-0.4, -0.2) is 22.4 Å². The second-order valence-corrected chi connectivity index (χ2v) is 5.14. The summed E-state index contributed by atoms with van der Waals surface area (Å²) in [5.41, 5.74) is 0.346. The molecule has 0 aliphatic heterocycles. The Hall–Kier alpha value is -1.75. The number of benzene rings is 1. The van der Waals surface area contributed by atoms with Gasteiger partial charge in [0.25, 0.3) is 5.69 Å². The summed E-state index contributed by atoms with van der Waals surface area (Å²) in [6.07, 6.45) is 0.530. The molecule has 5 heteroatoms. The number of carbonyl (C=O) groups is 1. The smallest absolute Gasteiger partial charge is 0.269 e. The van der Waals surface area contributed by atoms with E-state index in [0.717, 1.165) is 5.56 Å². The van der Waals surface area contributed by atoms with Crippen molar-refractivity contribution < 1.29 is 14.8 Å². The lowest BCUT2D eigenvalue weighted by molar-refractivity contribution is -0.384. The van der Waals surface area contributed by atoms with Crippen LogP contribution in [-0.2, 0) is 11.2 Å². The van der Waals surface area contributed by atoms with Crippen molar-refractivity contribution in [1.82, 2.24) is 0 Å². The minimum atomic E-state index is -0.472. The Morgan fingerprint density at radius 1 is 1.33 bits per heavy atom. The fraction of sp³-hybridized carbons (Fsp3) is 0.462. The lowest BCUT2D eigenvalue weighted by Gasteiger charge is -2.20. The van der Waals surface area contributed by atoms with Crippen molar-refractivity contribution in [3.8, 4) is 0 Å². The number of carbonyl (C=O) groups excluding carboxylic acids is 1. The molecule has 0 aliphatic carbocycles. The SMILES string of the molecule is CC(C)(CO)CC(=O)Cc1ccc([N+](=O)[O-])cc1. The highest BCUT2D eigenvalue weighted by Gasteiger charge is 2.21. The molecule has 1 aromatic carbocycles. The summed E-state index contributed by atoms with van der Waals surface area (Å²) in [4.78, 5) is 21.8. The highest BCUT2D eigenvalue weighted by Crippen LogP contribution is 2.21. The zero-order valence-corrected chi connectivity index (χ0v) is 10.5. The molecule has 0 fully saturated rings. The maximum atomic E-state index is 11.8. The minimum Gasteiger partial charge on any atom is -0.396 e. The molecule has 0 aliphatic rings. The van der Waals surface area contributed by atoms with Crippen molar-refractivity contribution >= 4 is 11.5 Å². The van der Waals surface area contributed by atoms with Crippen LogP contribution in [0, 0.1) is 15.5 Å². The van der Waals surface area contributed by atoms with Gasteiger partial charge in [-0.3, -0.25) is 14.9 Å². The van der Waals surface area contributed by atoms with Gasteiger partial charge >= 0.3 is 0 Å². The molecule has 18 heavy (non-hydrogen) atoms. The Kier molecular flexibility index (Phi) is 4.55. The number of nitro groups is 1. The first kappa shape index (κ1) is 14.3. The van der Waals surface area contributed by atoms with E-state index in [2.05, 4.69) is 0 Å². The quantitative estimate of drug-likeness (QED) is 0.620. The first-order valence-electron chi connectivity index (χ1n) is 5.70. The van der Waals surface area contributed by atoms with Gasteiger partial charge in [-0.25, -0.2) is 0 Å². The Morgan fingerprint density at radius 2 is 1.89 bits per heavy atom. The molecule has 0 saturated carbocycles. The first-order chi connectivity index (χ1) is 8.34. The van der Waals surface area contributed by atoms with E-state index in [9.17, 15) is 14.9 Å². The summed E-state index contributed by atoms with van der Waals surface area (Å²) < 4.78 is 0. The van der Waals surface area contributed by atoms with Crippen LogP contribution >= 0.6 is 0 Å². The van der Waals surface area contributed by atoms with Gasteiger partial charge in [0.2, 0.25) is 0 Å². The number of aliphatic hydroxyl groups excluding tert-OH is 1. The summed E-state index contributed by atoms with van der Waals surface area (Å²) in [5, 5.41) is 19.6. The third-order valence-corrected chi connectivity index (χ3v) is 2.65. The van der Waals surface area contributed by atoms with Gasteiger partial charge in [0.1, 0.15) is 5.78 Å². The molecule has 5 nitrogen and oxygen atoms in total. The molecule has 0 radical (unpaired) electrons. The van der Waals surface area contributed by atoms with Crippen molar-refractivity contribution in [2.45, 2.75) is 26.7 Å². The second-order valence-electron chi connectivity index (χ2n) is 5.14. The molecule has 0 bridgehead atoms. The number of nitro benzene ring substituents is 1. The van der Waals surface area contributed by atoms with Crippen LogP contribution in [0.25, 0.3) is 0 Å². The predicted octanol–water partition coefficient (Wildman–Crippen LogP) is 2.12. The molecule has 0 saturated heterocycles. The normalized spacial score (nSPS) is 11.3. The van der Waals surface area contributed by atoms with Crippen LogP contribution in [0.4, 0.5) is 5.69 Å². The zero-order valence-electron chi connectivity index (χ0n) is 10.5. The Morgan fingerprint density at radius 3 is 2.33 bits per heavy atom. The highest BCUT2D eigenvalue weighted by atomic mass is 16.6. The third kappa shape index (κ3) is 4.25. The van der Waals surface area contributed by atoms with Gasteiger partial charge in [-0.15, -0.1) is 0 Å². The molecule has 1 rings (SSSR count). The summed E-state index contributed by atoms with van der Waals surface area (Å²) in [7, 11) is 0. The van der Waals surface area contributed by atoms with E-state index in [-0.39, 0.29) is 24.5 Å². The van der Waals surface area contributed by atoms with Gasteiger partial charge in [-0.1, -0.05) is 26.0 Å². The van der Waals surface area contributed by atoms with Crippen molar-refractivity contribution in [2.75, 3.05) is 6.61 Å². The number of Topliss-reactive ketones (excluding diaryl/α,β-unsaturated/α-hetero) is 1. The van der Waals surface area contributed by atoms with Crippen LogP contribution in [0.3, 0.4) is 0 Å². The molecule has 0 spiro atoms. The number of aliphatic hydroxyl groups is 1. The van der Waals surface area contributed by atoms with Crippen molar-refractivity contribution in [1.29, 1.82) is 0 Å². The third-order valence-electron chi connectivity index (χ3n) is 2.65. The molecule has 0 atom stereocenters. The lowest BCUT2D eigenvalue weighted by Crippen LogP contribution is -2.22. The summed E-state index contributed by atoms with van der Waals surface area (Å²) in [5.74, 6) is 0.0166. The van der Waals surface area contributed by atoms with Gasteiger partial charge in [0.05, 0.1) is 4.92 Å². The minimum absolute atomic E-state index is 0.0156. The monoisotopic (exact) mass is 251 g/mol. The molecule has 1 aromatic rings. The zero-order chi connectivity index (χ0) is 13.8. The van der Waals surface area contributed by atoms with E-state index in [0.29, 0.717) is 6.42 Å². The summed E-state index contributed by atoms with van der Waals surface area (Å²) >= 11 is 0. The maximum Gasteiger partial charge on any atom is 0.269 e. The first-order valence-corrected chi connectivity index (χ1v) is 5.70. The molecule has 0 aromatic heterocycles. The Bertz CT molecular complexity index is 437. The predicted molar refractivity (Wildman–Crippen MR) is 67.3 cm³/mol. The molecule has 0 amide bonds. The van der Waals surface area contributed by atoms with E-state index in [1.54, 1.807) is 12.1 Å². The van der Waals surface area contributed by atoms with E-state index >= 15 is 0 Å². The molecule has 98 valence electrons. The van der Waals surface area contributed by atoms with Crippen LogP contribution < -0.4 is 0 Å². The van der Waals surface area contributed by atoms with E-state index < -0.39 is 10.3 Å². The number of non-ortho nitro benzene ring substituents is 1. The molecule has 1 N–H and O–H groups in total. The maximum absolute atomic E-state index is 11.8. The van der Waals surface area contributed by atoms with E-state index in [1.807, 2.05) is 13.8 Å². The summed E-state index contributed by atoms with van der Waals surface area (Å²) in [6.45, 7) is 3.60. The van der Waals surface area contributed by atoms with E-state index in [4.69, 9.17) is 5.11 Å². The van der Waals surface area contributed by atoms with Crippen molar-refractivity contribution in [3.05, 3.63) is 39.9 Å². The largest absolute Gasteiger partial charge is 0.396 e. The highest BCUT2D eigenvalue weighted by molar-refractivity contribution is 5.81. The molecule has 0 heterocycles. The number of rotatable bonds is 6. The summed E-state index contributed by atoms with van der Waals surface area (Å²) in [6, 6.07) is 5.95. The van der Waals surface area contributed by atoms with Gasteiger partial charge < -0.3 is 5.11 Å². The Labute approximate surface area is 106 Å². The standard InChI is InChI=1S/C13H17NO4/c1-13(2,9-15)8-12(16)7-10-3-5-11(6-4-10)14(17)18/h3-6,15H,7-9H2,1-2H3. The van der Waals surface area contributed by atoms with Crippen LogP contribution in [0.1, 0.15) is 25.8 Å². The fourth-order valence-electron chi connectivity index (χ4n) is 1.62. The molecular formula is C13H17NO4. The Balaban J connectivity index is 2.63. The van der Waals surface area contributed by atoms with E-state index in [1.165, 1.54) is 12.1 Å². The van der Waals surface area contributed by atoms with Gasteiger partial charge in [-0.05, 0) is 11.0 Å². The van der Waals surface area contributed by atoms with Crippen LogP contribution in [0.2, 0.25) is 0 Å². The van der Waals surface area contributed by atoms with Crippen LogP contribution in [0.15, 0.2) is 24.3 Å². The fourth-order valence-corrected chi connectivity index (χ4v) is 1.62. The van der Waals surface area contributed by atoms with Crippen molar-refractivity contribution in [2.24, 2.45) is 5.41 Å². The number of hydrogen-bond donors (Lipinski definition) is 1.